The number of H-pyrrole nitrogens is 1. The minimum Gasteiger partial charge on any atom is -0.493 e. The fraction of sp³-hybridized carbons (Fsp3) is 0.231. The molecule has 2 rings (SSSR count). The van der Waals surface area contributed by atoms with Crippen LogP contribution >= 0.6 is 0 Å². The molecule has 0 saturated heterocycles. The van der Waals surface area contributed by atoms with E-state index in [1.165, 1.54) is 6.20 Å². The van der Waals surface area contributed by atoms with Gasteiger partial charge in [0.2, 0.25) is 0 Å². The summed E-state index contributed by atoms with van der Waals surface area (Å²) in [6.45, 7) is 1.94. The predicted molar refractivity (Wildman–Crippen MR) is 67.3 cm³/mol. The second-order valence-electron chi connectivity index (χ2n) is 3.84. The lowest BCUT2D eigenvalue weighted by Crippen LogP contribution is -1.95. The monoisotopic (exact) mass is 246 g/mol. The first-order valence-electron chi connectivity index (χ1n) is 5.42. The number of aromatic nitrogens is 2. The number of methoxy groups -OCH3 is 2. The lowest BCUT2D eigenvalue weighted by molar-refractivity contribution is 0.112. The van der Waals surface area contributed by atoms with Gasteiger partial charge in [0, 0.05) is 5.56 Å². The van der Waals surface area contributed by atoms with Crippen LogP contribution in [0, 0.1) is 6.92 Å². The number of rotatable bonds is 4. The van der Waals surface area contributed by atoms with Crippen LogP contribution in [0.4, 0.5) is 0 Å². The molecule has 0 radical (unpaired) electrons. The summed E-state index contributed by atoms with van der Waals surface area (Å²) in [5.41, 5.74) is 3.04. The summed E-state index contributed by atoms with van der Waals surface area (Å²) in [4.78, 5) is 10.9. The maximum Gasteiger partial charge on any atom is 0.161 e. The van der Waals surface area contributed by atoms with Gasteiger partial charge in [0.15, 0.2) is 17.8 Å². The van der Waals surface area contributed by atoms with Crippen molar-refractivity contribution in [2.24, 2.45) is 0 Å². The van der Waals surface area contributed by atoms with E-state index in [-0.39, 0.29) is 0 Å². The third-order valence-electron chi connectivity index (χ3n) is 2.80. The van der Waals surface area contributed by atoms with E-state index in [1.54, 1.807) is 14.2 Å². The number of nitrogens with one attached hydrogen (secondary N) is 1. The van der Waals surface area contributed by atoms with Gasteiger partial charge in [-0.2, -0.15) is 5.10 Å². The van der Waals surface area contributed by atoms with Crippen LogP contribution in [0.1, 0.15) is 15.9 Å². The van der Waals surface area contributed by atoms with Gasteiger partial charge in [0.05, 0.1) is 31.7 Å². The lowest BCUT2D eigenvalue weighted by Gasteiger charge is -2.12. The Morgan fingerprint density at radius 1 is 1.22 bits per heavy atom. The van der Waals surface area contributed by atoms with Crippen LogP contribution in [0.25, 0.3) is 11.3 Å². The minimum atomic E-state index is 0.519. The van der Waals surface area contributed by atoms with Gasteiger partial charge >= 0.3 is 0 Å². The zero-order valence-corrected chi connectivity index (χ0v) is 10.5. The first-order valence-corrected chi connectivity index (χ1v) is 5.42. The SMILES string of the molecule is COc1cc(C)c(-c2[nH]ncc2C=O)cc1OC. The highest BCUT2D eigenvalue weighted by atomic mass is 16.5. The molecule has 0 atom stereocenters. The topological polar surface area (TPSA) is 64.2 Å². The Hall–Kier alpha value is -2.30. The van der Waals surface area contributed by atoms with Crippen LogP contribution in [0.2, 0.25) is 0 Å². The van der Waals surface area contributed by atoms with Gasteiger partial charge in [-0.05, 0) is 24.6 Å². The van der Waals surface area contributed by atoms with Gasteiger partial charge in [-0.15, -0.1) is 0 Å². The third-order valence-corrected chi connectivity index (χ3v) is 2.80. The molecule has 94 valence electrons. The fourth-order valence-electron chi connectivity index (χ4n) is 1.85. The van der Waals surface area contributed by atoms with Crippen LogP contribution < -0.4 is 9.47 Å². The molecule has 1 N–H and O–H groups in total. The maximum atomic E-state index is 10.9. The minimum absolute atomic E-state index is 0.519. The summed E-state index contributed by atoms with van der Waals surface area (Å²) in [5.74, 6) is 1.27. The summed E-state index contributed by atoms with van der Waals surface area (Å²) in [5, 5.41) is 6.71. The molecule has 2 aromatic rings. The predicted octanol–water partition coefficient (Wildman–Crippen LogP) is 2.21. The first kappa shape index (κ1) is 12.2. The molecule has 0 aliphatic carbocycles. The summed E-state index contributed by atoms with van der Waals surface area (Å²) < 4.78 is 10.5. The van der Waals surface area contributed by atoms with E-state index in [4.69, 9.17) is 9.47 Å². The molecular weight excluding hydrogens is 232 g/mol. The molecule has 18 heavy (non-hydrogen) atoms. The van der Waals surface area contributed by atoms with Crippen molar-refractivity contribution < 1.29 is 14.3 Å². The van der Waals surface area contributed by atoms with Gasteiger partial charge in [0.25, 0.3) is 0 Å². The first-order chi connectivity index (χ1) is 8.71. The van der Waals surface area contributed by atoms with Crippen molar-refractivity contribution in [3.8, 4) is 22.8 Å². The number of aromatic amines is 1. The van der Waals surface area contributed by atoms with Crippen LogP contribution in [0.3, 0.4) is 0 Å². The Labute approximate surface area is 105 Å². The Balaban J connectivity index is 2.61. The molecule has 0 unspecified atom stereocenters. The van der Waals surface area contributed by atoms with Crippen LogP contribution in [0.15, 0.2) is 18.3 Å². The average Bonchev–Trinajstić information content (AvgIpc) is 2.86. The molecule has 1 aromatic heterocycles. The average molecular weight is 246 g/mol. The highest BCUT2D eigenvalue weighted by Gasteiger charge is 2.14. The van der Waals surface area contributed by atoms with Gasteiger partial charge in [-0.3, -0.25) is 9.89 Å². The van der Waals surface area contributed by atoms with Crippen molar-refractivity contribution in [2.45, 2.75) is 6.92 Å². The molecule has 0 fully saturated rings. The molecule has 1 aromatic carbocycles. The largest absolute Gasteiger partial charge is 0.493 e. The van der Waals surface area contributed by atoms with E-state index in [9.17, 15) is 4.79 Å². The second kappa shape index (κ2) is 4.91. The van der Waals surface area contributed by atoms with E-state index in [0.717, 1.165) is 17.4 Å². The van der Waals surface area contributed by atoms with E-state index in [1.807, 2.05) is 19.1 Å². The number of aldehydes is 1. The molecule has 5 nitrogen and oxygen atoms in total. The Morgan fingerprint density at radius 3 is 2.50 bits per heavy atom. The number of nitrogens with zero attached hydrogens (tertiary/aromatic N) is 1. The summed E-state index contributed by atoms with van der Waals surface area (Å²) >= 11 is 0. The number of ether oxygens (including phenoxy) is 2. The normalized spacial score (nSPS) is 10.2. The van der Waals surface area contributed by atoms with Crippen molar-refractivity contribution in [2.75, 3.05) is 14.2 Å². The lowest BCUT2D eigenvalue weighted by atomic mass is 10.0. The molecule has 0 spiro atoms. The quantitative estimate of drug-likeness (QED) is 0.840. The number of hydrogen-bond donors (Lipinski definition) is 1. The molecular formula is C13H14N2O3. The molecule has 1 heterocycles. The van der Waals surface area contributed by atoms with E-state index >= 15 is 0 Å². The van der Waals surface area contributed by atoms with E-state index < -0.39 is 0 Å². The van der Waals surface area contributed by atoms with Crippen molar-refractivity contribution in [3.63, 3.8) is 0 Å². The van der Waals surface area contributed by atoms with Crippen molar-refractivity contribution >= 4 is 6.29 Å². The highest BCUT2D eigenvalue weighted by Crippen LogP contribution is 2.35. The standard InChI is InChI=1S/C13H14N2O3/c1-8-4-11(17-2)12(18-3)5-10(8)13-9(7-16)6-14-15-13/h4-7H,1-3H3,(H,14,15). The van der Waals surface area contributed by atoms with Gasteiger partial charge in [-0.1, -0.05) is 0 Å². The number of hydrogen-bond acceptors (Lipinski definition) is 4. The third kappa shape index (κ3) is 1.95. The smallest absolute Gasteiger partial charge is 0.161 e. The highest BCUT2D eigenvalue weighted by molar-refractivity contribution is 5.86. The van der Waals surface area contributed by atoms with Crippen LogP contribution in [-0.2, 0) is 0 Å². The van der Waals surface area contributed by atoms with Crippen molar-refractivity contribution in [1.29, 1.82) is 0 Å². The molecule has 0 aliphatic rings. The van der Waals surface area contributed by atoms with E-state index in [2.05, 4.69) is 10.2 Å². The molecule has 0 amide bonds. The van der Waals surface area contributed by atoms with Crippen molar-refractivity contribution in [3.05, 3.63) is 29.5 Å². The Bertz CT molecular complexity index is 576. The summed E-state index contributed by atoms with van der Waals surface area (Å²) in [7, 11) is 3.16. The van der Waals surface area contributed by atoms with Crippen molar-refractivity contribution in [1.82, 2.24) is 10.2 Å². The maximum absolute atomic E-state index is 10.9. The number of carbonyl (C=O) groups is 1. The zero-order chi connectivity index (χ0) is 13.1. The number of carbonyl (C=O) groups excluding carboxylic acids is 1. The van der Waals surface area contributed by atoms with Gasteiger partial charge in [-0.25, -0.2) is 0 Å². The van der Waals surface area contributed by atoms with Crippen LogP contribution in [0.5, 0.6) is 11.5 Å². The van der Waals surface area contributed by atoms with Crippen LogP contribution in [-0.4, -0.2) is 30.7 Å². The van der Waals surface area contributed by atoms with E-state index in [0.29, 0.717) is 22.8 Å². The zero-order valence-electron chi connectivity index (χ0n) is 10.5. The Morgan fingerprint density at radius 2 is 1.89 bits per heavy atom. The number of aryl methyl sites for hydroxylation is 1. The summed E-state index contributed by atoms with van der Waals surface area (Å²) in [6.07, 6.45) is 2.27. The van der Waals surface area contributed by atoms with Gasteiger partial charge in [0.1, 0.15) is 0 Å². The molecule has 0 bridgehead atoms. The van der Waals surface area contributed by atoms with Gasteiger partial charge < -0.3 is 9.47 Å². The molecule has 0 aliphatic heterocycles. The number of benzene rings is 1. The molecule has 0 saturated carbocycles. The molecule has 5 heteroatoms. The summed E-state index contributed by atoms with van der Waals surface area (Å²) in [6, 6.07) is 3.69. The Kier molecular flexibility index (Phi) is 3.32. The second-order valence-corrected chi connectivity index (χ2v) is 3.84. The fourth-order valence-corrected chi connectivity index (χ4v) is 1.85.